The summed E-state index contributed by atoms with van der Waals surface area (Å²) in [5.74, 6) is -0.242. The molecule has 2 fully saturated rings. The molecule has 0 radical (unpaired) electrons. The number of methoxy groups -OCH3 is 1. The summed E-state index contributed by atoms with van der Waals surface area (Å²) in [6.45, 7) is 2.48. The highest BCUT2D eigenvalue weighted by molar-refractivity contribution is 5.74. The van der Waals surface area contributed by atoms with Crippen LogP contribution in [0.25, 0.3) is 0 Å². The second kappa shape index (κ2) is 4.28. The van der Waals surface area contributed by atoms with Gasteiger partial charge in [0.15, 0.2) is 6.10 Å². The van der Waals surface area contributed by atoms with Gasteiger partial charge in [0, 0.05) is 12.6 Å². The summed E-state index contributed by atoms with van der Waals surface area (Å²) in [5.41, 5.74) is 0. The molecule has 2 rings (SSSR count). The molecule has 0 N–H and O–H groups in total. The van der Waals surface area contributed by atoms with E-state index in [0.717, 1.165) is 6.54 Å². The number of hydrogen-bond donors (Lipinski definition) is 0. The molecule has 2 atom stereocenters. The van der Waals surface area contributed by atoms with Gasteiger partial charge < -0.3 is 9.47 Å². The van der Waals surface area contributed by atoms with Crippen LogP contribution in [-0.2, 0) is 14.3 Å². The second-order valence-corrected chi connectivity index (χ2v) is 3.99. The lowest BCUT2D eigenvalue weighted by molar-refractivity contribution is -0.164. The predicted molar refractivity (Wildman–Crippen MR) is 51.0 cm³/mol. The molecule has 4 heteroatoms. The normalized spacial score (nSPS) is 33.5. The first-order valence-corrected chi connectivity index (χ1v) is 5.24. The summed E-state index contributed by atoms with van der Waals surface area (Å²) in [4.78, 5) is 13.6. The quantitative estimate of drug-likeness (QED) is 0.573. The molecule has 0 saturated carbocycles. The van der Waals surface area contributed by atoms with Crippen LogP contribution in [0.3, 0.4) is 0 Å². The van der Waals surface area contributed by atoms with E-state index in [1.54, 1.807) is 0 Å². The smallest absolute Gasteiger partial charge is 0.336 e. The molecule has 0 aromatic carbocycles. The molecule has 2 saturated heterocycles. The minimum Gasteiger partial charge on any atom is -0.467 e. The molecule has 2 unspecified atom stereocenters. The first-order chi connectivity index (χ1) is 6.81. The third kappa shape index (κ3) is 1.91. The molecular weight excluding hydrogens is 182 g/mol. The van der Waals surface area contributed by atoms with Crippen molar-refractivity contribution in [3.8, 4) is 0 Å². The van der Waals surface area contributed by atoms with Crippen LogP contribution >= 0.6 is 0 Å². The zero-order valence-electron chi connectivity index (χ0n) is 8.57. The van der Waals surface area contributed by atoms with E-state index in [1.165, 1.54) is 26.4 Å². The van der Waals surface area contributed by atoms with Crippen LogP contribution < -0.4 is 0 Å². The van der Waals surface area contributed by atoms with Gasteiger partial charge in [0.2, 0.25) is 0 Å². The third-order valence-electron chi connectivity index (χ3n) is 3.10. The van der Waals surface area contributed by atoms with Crippen LogP contribution in [0.1, 0.15) is 19.3 Å². The van der Waals surface area contributed by atoms with Gasteiger partial charge in [0.25, 0.3) is 0 Å². The van der Waals surface area contributed by atoms with Crippen molar-refractivity contribution in [3.05, 3.63) is 0 Å². The maximum absolute atomic E-state index is 11.3. The first-order valence-electron chi connectivity index (χ1n) is 5.24. The van der Waals surface area contributed by atoms with Gasteiger partial charge in [-0.3, -0.25) is 4.90 Å². The molecule has 14 heavy (non-hydrogen) atoms. The highest BCUT2D eigenvalue weighted by Crippen LogP contribution is 2.22. The van der Waals surface area contributed by atoms with Crippen molar-refractivity contribution in [1.82, 2.24) is 4.90 Å². The third-order valence-corrected chi connectivity index (χ3v) is 3.10. The number of hydrogen-bond acceptors (Lipinski definition) is 4. The fourth-order valence-corrected chi connectivity index (χ4v) is 2.26. The SMILES string of the molecule is COC(=O)C1CN2CCCCC2CO1. The van der Waals surface area contributed by atoms with Crippen molar-refractivity contribution in [2.75, 3.05) is 26.8 Å². The Balaban J connectivity index is 1.92. The summed E-state index contributed by atoms with van der Waals surface area (Å²) < 4.78 is 10.2. The van der Waals surface area contributed by atoms with E-state index in [9.17, 15) is 4.79 Å². The number of rotatable bonds is 1. The number of fused-ring (bicyclic) bond motifs is 1. The predicted octanol–water partition coefficient (Wildman–Crippen LogP) is 0.413. The van der Waals surface area contributed by atoms with E-state index in [4.69, 9.17) is 4.74 Å². The lowest BCUT2D eigenvalue weighted by atomic mass is 10.0. The topological polar surface area (TPSA) is 38.8 Å². The van der Waals surface area contributed by atoms with Crippen LogP contribution in [0, 0.1) is 0 Å². The number of carbonyl (C=O) groups is 1. The van der Waals surface area contributed by atoms with Crippen LogP contribution in [0.15, 0.2) is 0 Å². The largest absolute Gasteiger partial charge is 0.467 e. The number of morpholine rings is 1. The van der Waals surface area contributed by atoms with E-state index >= 15 is 0 Å². The Morgan fingerprint density at radius 1 is 1.50 bits per heavy atom. The van der Waals surface area contributed by atoms with Gasteiger partial charge in [-0.2, -0.15) is 0 Å². The fourth-order valence-electron chi connectivity index (χ4n) is 2.26. The molecule has 2 heterocycles. The average molecular weight is 199 g/mol. The highest BCUT2D eigenvalue weighted by atomic mass is 16.6. The molecule has 80 valence electrons. The van der Waals surface area contributed by atoms with Gasteiger partial charge in [-0.1, -0.05) is 6.42 Å². The number of carbonyl (C=O) groups excluding carboxylic acids is 1. The Morgan fingerprint density at radius 3 is 3.14 bits per heavy atom. The summed E-state index contributed by atoms with van der Waals surface area (Å²) in [6, 6.07) is 0.532. The van der Waals surface area contributed by atoms with Gasteiger partial charge in [0.05, 0.1) is 13.7 Å². The zero-order valence-corrected chi connectivity index (χ0v) is 8.57. The van der Waals surface area contributed by atoms with Crippen molar-refractivity contribution in [2.45, 2.75) is 31.4 Å². The standard InChI is InChI=1S/C10H17NO3/c1-13-10(12)9-6-11-5-3-2-4-8(11)7-14-9/h8-9H,2-7H2,1H3. The lowest BCUT2D eigenvalue weighted by Crippen LogP contribution is -2.53. The van der Waals surface area contributed by atoms with Crippen molar-refractivity contribution in [3.63, 3.8) is 0 Å². The van der Waals surface area contributed by atoms with Crippen molar-refractivity contribution in [1.29, 1.82) is 0 Å². The molecule has 2 aliphatic heterocycles. The van der Waals surface area contributed by atoms with Gasteiger partial charge in [-0.15, -0.1) is 0 Å². The van der Waals surface area contributed by atoms with Crippen molar-refractivity contribution >= 4 is 5.97 Å². The summed E-state index contributed by atoms with van der Waals surface area (Å²) in [5, 5.41) is 0. The molecule has 2 aliphatic rings. The fraction of sp³-hybridized carbons (Fsp3) is 0.900. The number of piperidine rings is 1. The number of esters is 1. The summed E-state index contributed by atoms with van der Waals surface area (Å²) in [6.07, 6.45) is 3.36. The van der Waals surface area contributed by atoms with E-state index in [1.807, 2.05) is 0 Å². The van der Waals surface area contributed by atoms with Gasteiger partial charge in [-0.05, 0) is 19.4 Å². The molecule has 0 spiro atoms. The van der Waals surface area contributed by atoms with Crippen LogP contribution in [-0.4, -0.2) is 49.8 Å². The maximum atomic E-state index is 11.3. The van der Waals surface area contributed by atoms with Gasteiger partial charge in [-0.25, -0.2) is 4.79 Å². The van der Waals surface area contributed by atoms with Crippen LogP contribution in [0.2, 0.25) is 0 Å². The molecule has 0 aliphatic carbocycles. The van der Waals surface area contributed by atoms with Crippen LogP contribution in [0.4, 0.5) is 0 Å². The molecule has 0 aromatic rings. The lowest BCUT2D eigenvalue weighted by Gasteiger charge is -2.41. The molecule has 4 nitrogen and oxygen atoms in total. The summed E-state index contributed by atoms with van der Waals surface area (Å²) in [7, 11) is 1.41. The monoisotopic (exact) mass is 199 g/mol. The molecule has 0 aromatic heterocycles. The summed E-state index contributed by atoms with van der Waals surface area (Å²) >= 11 is 0. The Bertz CT molecular complexity index is 219. The Hall–Kier alpha value is -0.610. The minimum absolute atomic E-state index is 0.242. The minimum atomic E-state index is -0.366. The number of nitrogens with zero attached hydrogens (tertiary/aromatic N) is 1. The molecule has 0 bridgehead atoms. The van der Waals surface area contributed by atoms with Crippen molar-refractivity contribution < 1.29 is 14.3 Å². The second-order valence-electron chi connectivity index (χ2n) is 3.99. The maximum Gasteiger partial charge on any atom is 0.336 e. The van der Waals surface area contributed by atoms with Gasteiger partial charge in [0.1, 0.15) is 0 Å². The zero-order chi connectivity index (χ0) is 9.97. The van der Waals surface area contributed by atoms with E-state index < -0.39 is 0 Å². The molecular formula is C10H17NO3. The van der Waals surface area contributed by atoms with E-state index in [0.29, 0.717) is 19.2 Å². The molecule has 0 amide bonds. The van der Waals surface area contributed by atoms with Crippen molar-refractivity contribution in [2.24, 2.45) is 0 Å². The Kier molecular flexibility index (Phi) is 3.03. The Morgan fingerprint density at radius 2 is 2.36 bits per heavy atom. The van der Waals surface area contributed by atoms with Gasteiger partial charge >= 0.3 is 5.97 Å². The van der Waals surface area contributed by atoms with E-state index in [-0.39, 0.29) is 12.1 Å². The average Bonchev–Trinajstić information content (AvgIpc) is 2.27. The number of ether oxygens (including phenoxy) is 2. The Labute approximate surface area is 84.2 Å². The van der Waals surface area contributed by atoms with Crippen LogP contribution in [0.5, 0.6) is 0 Å². The first kappa shape index (κ1) is 9.93. The highest BCUT2D eigenvalue weighted by Gasteiger charge is 2.34. The van der Waals surface area contributed by atoms with E-state index in [2.05, 4.69) is 9.64 Å².